The van der Waals surface area contributed by atoms with Crippen molar-refractivity contribution in [1.82, 2.24) is 10.3 Å². The van der Waals surface area contributed by atoms with Gasteiger partial charge in [-0.1, -0.05) is 13.8 Å². The van der Waals surface area contributed by atoms with E-state index in [0.717, 1.165) is 5.38 Å². The highest BCUT2D eigenvalue weighted by atomic mass is 32.1. The lowest BCUT2D eigenvalue weighted by molar-refractivity contribution is -0.140. The zero-order valence-electron chi connectivity index (χ0n) is 9.99. The Morgan fingerprint density at radius 1 is 1.42 bits per heavy atom. The van der Waals surface area contributed by atoms with Crippen LogP contribution in [0.2, 0.25) is 0 Å². The first kappa shape index (κ1) is 15.4. The number of hydrogen-bond acceptors (Lipinski definition) is 4. The van der Waals surface area contributed by atoms with Crippen LogP contribution in [0.3, 0.4) is 0 Å². The summed E-state index contributed by atoms with van der Waals surface area (Å²) in [7, 11) is 0. The van der Waals surface area contributed by atoms with Gasteiger partial charge in [-0.2, -0.15) is 13.2 Å². The Balaban J connectivity index is 2.84. The number of carbonyl (C=O) groups is 2. The van der Waals surface area contributed by atoms with Gasteiger partial charge >= 0.3 is 12.1 Å². The minimum atomic E-state index is -4.62. The highest BCUT2D eigenvalue weighted by Crippen LogP contribution is 2.31. The summed E-state index contributed by atoms with van der Waals surface area (Å²) in [6.07, 6.45) is -4.62. The molecule has 0 aliphatic rings. The molecule has 0 radical (unpaired) electrons. The van der Waals surface area contributed by atoms with Gasteiger partial charge in [-0.3, -0.25) is 4.79 Å². The van der Waals surface area contributed by atoms with Gasteiger partial charge in [0.15, 0.2) is 5.01 Å². The maximum atomic E-state index is 12.3. The third-order valence-corrected chi connectivity index (χ3v) is 3.09. The second-order valence-electron chi connectivity index (χ2n) is 4.07. The number of carboxylic acid groups (broad SMARTS) is 1. The van der Waals surface area contributed by atoms with Crippen molar-refractivity contribution >= 4 is 23.2 Å². The zero-order chi connectivity index (χ0) is 14.8. The number of nitrogens with zero attached hydrogens (tertiary/aromatic N) is 1. The molecule has 0 bridgehead atoms. The molecule has 0 spiro atoms. The number of alkyl halides is 3. The molecule has 1 amide bonds. The van der Waals surface area contributed by atoms with Gasteiger partial charge in [0.05, 0.1) is 0 Å². The van der Waals surface area contributed by atoms with Gasteiger partial charge in [-0.25, -0.2) is 9.78 Å². The van der Waals surface area contributed by atoms with Gasteiger partial charge in [0.1, 0.15) is 11.7 Å². The lowest BCUT2D eigenvalue weighted by Gasteiger charge is -2.16. The normalized spacial score (nSPS) is 13.4. The number of amides is 1. The quantitative estimate of drug-likeness (QED) is 0.890. The van der Waals surface area contributed by atoms with E-state index < -0.39 is 40.7 Å². The Labute approximate surface area is 110 Å². The van der Waals surface area contributed by atoms with Crippen LogP contribution in [0.5, 0.6) is 0 Å². The number of carboxylic acids is 1. The van der Waals surface area contributed by atoms with E-state index in [1.54, 1.807) is 13.8 Å². The van der Waals surface area contributed by atoms with E-state index in [4.69, 9.17) is 5.11 Å². The van der Waals surface area contributed by atoms with Gasteiger partial charge in [-0.05, 0) is 5.92 Å². The fraction of sp³-hybridized carbons (Fsp3) is 0.500. The van der Waals surface area contributed by atoms with Gasteiger partial charge < -0.3 is 10.4 Å². The summed E-state index contributed by atoms with van der Waals surface area (Å²) in [5, 5.41) is 10.8. The van der Waals surface area contributed by atoms with Crippen molar-refractivity contribution in [2.75, 3.05) is 0 Å². The van der Waals surface area contributed by atoms with Crippen LogP contribution >= 0.6 is 11.3 Å². The fourth-order valence-corrected chi connectivity index (χ4v) is 1.90. The molecule has 106 valence electrons. The second-order valence-corrected chi connectivity index (χ2v) is 4.93. The molecule has 0 saturated heterocycles. The SMILES string of the molecule is CC(C)[C@H](NC(=O)c1csc(C(F)(F)F)n1)C(=O)O. The number of carbonyl (C=O) groups excluding carboxylic acids is 1. The molecule has 1 aromatic heterocycles. The number of aromatic nitrogens is 1. The maximum absolute atomic E-state index is 12.3. The number of halogens is 3. The van der Waals surface area contributed by atoms with Crippen molar-refractivity contribution in [1.29, 1.82) is 0 Å². The molecule has 0 aliphatic carbocycles. The molecule has 0 aliphatic heterocycles. The molecule has 0 saturated carbocycles. The van der Waals surface area contributed by atoms with Crippen LogP contribution in [0.1, 0.15) is 29.3 Å². The van der Waals surface area contributed by atoms with Crippen molar-refractivity contribution in [3.05, 3.63) is 16.1 Å². The van der Waals surface area contributed by atoms with Crippen molar-refractivity contribution in [2.45, 2.75) is 26.1 Å². The molecule has 5 nitrogen and oxygen atoms in total. The molecule has 2 N–H and O–H groups in total. The van der Waals surface area contributed by atoms with Crippen LogP contribution in [0.25, 0.3) is 0 Å². The van der Waals surface area contributed by atoms with Crippen molar-refractivity contribution in [2.24, 2.45) is 5.92 Å². The zero-order valence-corrected chi connectivity index (χ0v) is 10.8. The second kappa shape index (κ2) is 5.55. The van der Waals surface area contributed by atoms with Crippen LogP contribution in [0.15, 0.2) is 5.38 Å². The van der Waals surface area contributed by atoms with Gasteiger partial charge in [0.2, 0.25) is 0 Å². The van der Waals surface area contributed by atoms with Crippen molar-refractivity contribution in [3.8, 4) is 0 Å². The van der Waals surface area contributed by atoms with Gasteiger partial charge in [0.25, 0.3) is 5.91 Å². The first-order chi connectivity index (χ1) is 8.62. The van der Waals surface area contributed by atoms with Crippen LogP contribution in [0, 0.1) is 5.92 Å². The van der Waals surface area contributed by atoms with E-state index in [1.165, 1.54) is 0 Å². The molecular weight excluding hydrogens is 285 g/mol. The molecule has 1 aromatic rings. The van der Waals surface area contributed by atoms with Crippen LogP contribution < -0.4 is 5.32 Å². The van der Waals surface area contributed by atoms with Crippen LogP contribution in [0.4, 0.5) is 13.2 Å². The Morgan fingerprint density at radius 2 is 2.00 bits per heavy atom. The Morgan fingerprint density at radius 3 is 2.37 bits per heavy atom. The third-order valence-electron chi connectivity index (χ3n) is 2.20. The molecule has 9 heteroatoms. The number of aliphatic carboxylic acids is 1. The van der Waals surface area contributed by atoms with E-state index in [0.29, 0.717) is 0 Å². The van der Waals surface area contributed by atoms with Crippen molar-refractivity contribution in [3.63, 3.8) is 0 Å². The van der Waals surface area contributed by atoms with Crippen LogP contribution in [-0.2, 0) is 11.0 Å². The highest BCUT2D eigenvalue weighted by molar-refractivity contribution is 7.09. The number of thiazole rings is 1. The number of nitrogens with one attached hydrogen (secondary N) is 1. The number of rotatable bonds is 4. The Bertz CT molecular complexity index is 485. The van der Waals surface area contributed by atoms with Crippen molar-refractivity contribution < 1.29 is 27.9 Å². The van der Waals surface area contributed by atoms with E-state index in [9.17, 15) is 22.8 Å². The smallest absolute Gasteiger partial charge is 0.443 e. The van der Waals surface area contributed by atoms with E-state index in [1.807, 2.05) is 0 Å². The minimum absolute atomic E-state index is 0.284. The standard InChI is InChI=1S/C10H11F3N2O3S/c1-4(2)6(8(17)18)15-7(16)5-3-19-9(14-5)10(11,12)13/h3-4,6H,1-2H3,(H,15,16)(H,17,18)/t6-/m0/s1. The fourth-order valence-electron chi connectivity index (χ4n) is 1.24. The lowest BCUT2D eigenvalue weighted by atomic mass is 10.0. The van der Waals surface area contributed by atoms with Gasteiger partial charge in [-0.15, -0.1) is 11.3 Å². The molecule has 0 unspecified atom stereocenters. The maximum Gasteiger partial charge on any atom is 0.443 e. The summed E-state index contributed by atoms with van der Waals surface area (Å²) in [5.41, 5.74) is -0.441. The summed E-state index contributed by atoms with van der Waals surface area (Å²) >= 11 is 0.284. The highest BCUT2D eigenvalue weighted by Gasteiger charge is 2.35. The average molecular weight is 296 g/mol. The molecule has 1 heterocycles. The Hall–Kier alpha value is -1.64. The van der Waals surface area contributed by atoms with E-state index in [2.05, 4.69) is 10.3 Å². The third kappa shape index (κ3) is 3.91. The first-order valence-electron chi connectivity index (χ1n) is 5.19. The average Bonchev–Trinajstić information content (AvgIpc) is 2.73. The topological polar surface area (TPSA) is 79.3 Å². The molecule has 1 rings (SSSR count). The summed E-state index contributed by atoms with van der Waals surface area (Å²) in [5.74, 6) is -2.59. The molecule has 19 heavy (non-hydrogen) atoms. The predicted octanol–water partition coefficient (Wildman–Crippen LogP) is 2.00. The summed E-state index contributed by atoms with van der Waals surface area (Å²) in [4.78, 5) is 25.6. The number of hydrogen-bond donors (Lipinski definition) is 2. The lowest BCUT2D eigenvalue weighted by Crippen LogP contribution is -2.44. The summed E-state index contributed by atoms with van der Waals surface area (Å²) < 4.78 is 36.9. The summed E-state index contributed by atoms with van der Waals surface area (Å²) in [6.45, 7) is 3.14. The first-order valence-corrected chi connectivity index (χ1v) is 6.07. The predicted molar refractivity (Wildman–Crippen MR) is 60.8 cm³/mol. The molecule has 0 fully saturated rings. The molecule has 0 aromatic carbocycles. The van der Waals surface area contributed by atoms with E-state index >= 15 is 0 Å². The van der Waals surface area contributed by atoms with Gasteiger partial charge in [0, 0.05) is 5.38 Å². The molecule has 1 atom stereocenters. The summed E-state index contributed by atoms with van der Waals surface area (Å²) in [6, 6.07) is -1.18. The largest absolute Gasteiger partial charge is 0.480 e. The Kier molecular flexibility index (Phi) is 4.51. The molecular formula is C10H11F3N2O3S. The monoisotopic (exact) mass is 296 g/mol. The van der Waals surface area contributed by atoms with Crippen LogP contribution in [-0.4, -0.2) is 28.0 Å². The minimum Gasteiger partial charge on any atom is -0.480 e. The van der Waals surface area contributed by atoms with E-state index in [-0.39, 0.29) is 11.3 Å².